The van der Waals surface area contributed by atoms with E-state index >= 15 is 0 Å². The van der Waals surface area contributed by atoms with E-state index in [0.717, 1.165) is 6.42 Å². The molecule has 0 saturated carbocycles. The highest BCUT2D eigenvalue weighted by molar-refractivity contribution is 5.81. The van der Waals surface area contributed by atoms with Crippen LogP contribution in [0.3, 0.4) is 0 Å². The van der Waals surface area contributed by atoms with E-state index in [0.29, 0.717) is 13.0 Å². The number of rotatable bonds is 7. The van der Waals surface area contributed by atoms with Crippen LogP contribution in [0, 0.1) is 5.92 Å². The van der Waals surface area contributed by atoms with Gasteiger partial charge in [-0.3, -0.25) is 4.79 Å². The second kappa shape index (κ2) is 7.84. The van der Waals surface area contributed by atoms with E-state index in [1.165, 1.54) is 5.56 Å². The molecule has 1 unspecified atom stereocenters. The molecule has 0 radical (unpaired) electrons. The third kappa shape index (κ3) is 5.29. The van der Waals surface area contributed by atoms with Crippen LogP contribution >= 0.6 is 0 Å². The van der Waals surface area contributed by atoms with Gasteiger partial charge in [0.15, 0.2) is 0 Å². The molecule has 4 N–H and O–H groups in total. The molecule has 100 valence electrons. The first kappa shape index (κ1) is 14.7. The molecule has 0 fully saturated rings. The molecule has 1 amide bonds. The predicted molar refractivity (Wildman–Crippen MR) is 72.0 cm³/mol. The van der Waals surface area contributed by atoms with E-state index in [-0.39, 0.29) is 18.4 Å². The molecule has 1 rings (SSSR count). The molecular formula is C14H22N2O2. The smallest absolute Gasteiger partial charge is 0.236 e. The molecule has 4 nitrogen and oxygen atoms in total. The van der Waals surface area contributed by atoms with E-state index in [2.05, 4.69) is 5.32 Å². The Balaban J connectivity index is 2.27. The summed E-state index contributed by atoms with van der Waals surface area (Å²) in [6.07, 6.45) is 1.42. The molecule has 0 saturated heterocycles. The van der Waals surface area contributed by atoms with Crippen molar-refractivity contribution in [2.24, 2.45) is 11.7 Å². The molecule has 0 aliphatic carbocycles. The average Bonchev–Trinajstić information content (AvgIpc) is 2.42. The molecule has 0 bridgehead atoms. The summed E-state index contributed by atoms with van der Waals surface area (Å²) in [6.45, 7) is 2.41. The minimum absolute atomic E-state index is 0.0651. The number of aliphatic hydroxyl groups excluding tert-OH is 1. The van der Waals surface area contributed by atoms with E-state index in [1.807, 2.05) is 37.3 Å². The van der Waals surface area contributed by atoms with Gasteiger partial charge in [0.1, 0.15) is 0 Å². The van der Waals surface area contributed by atoms with Crippen LogP contribution in [0.4, 0.5) is 0 Å². The molecule has 0 aromatic heterocycles. The second-order valence-electron chi connectivity index (χ2n) is 4.66. The molecule has 0 aliphatic heterocycles. The SMILES string of the molecule is CC(CO)CNC(=O)[C@@H](N)CCc1ccccc1. The highest BCUT2D eigenvalue weighted by Crippen LogP contribution is 2.04. The Hall–Kier alpha value is -1.39. The van der Waals surface area contributed by atoms with Crippen molar-refractivity contribution in [3.05, 3.63) is 35.9 Å². The molecular weight excluding hydrogens is 228 g/mol. The third-order valence-electron chi connectivity index (χ3n) is 2.86. The first-order chi connectivity index (χ1) is 8.63. The van der Waals surface area contributed by atoms with Crippen molar-refractivity contribution < 1.29 is 9.90 Å². The van der Waals surface area contributed by atoms with Gasteiger partial charge in [-0.15, -0.1) is 0 Å². The summed E-state index contributed by atoms with van der Waals surface area (Å²) in [6, 6.07) is 9.48. The van der Waals surface area contributed by atoms with Crippen LogP contribution in [0.25, 0.3) is 0 Å². The summed E-state index contributed by atoms with van der Waals surface area (Å²) in [7, 11) is 0. The minimum Gasteiger partial charge on any atom is -0.396 e. The summed E-state index contributed by atoms with van der Waals surface area (Å²) >= 11 is 0. The zero-order valence-electron chi connectivity index (χ0n) is 10.8. The zero-order chi connectivity index (χ0) is 13.4. The van der Waals surface area contributed by atoms with Gasteiger partial charge in [-0.25, -0.2) is 0 Å². The Morgan fingerprint density at radius 3 is 2.67 bits per heavy atom. The summed E-state index contributed by atoms with van der Waals surface area (Å²) < 4.78 is 0. The molecule has 1 aromatic carbocycles. The summed E-state index contributed by atoms with van der Waals surface area (Å²) in [5.41, 5.74) is 7.00. The van der Waals surface area contributed by atoms with Gasteiger partial charge in [0.05, 0.1) is 6.04 Å². The van der Waals surface area contributed by atoms with Crippen LogP contribution in [0.15, 0.2) is 30.3 Å². The average molecular weight is 250 g/mol. The topological polar surface area (TPSA) is 75.3 Å². The van der Waals surface area contributed by atoms with E-state index < -0.39 is 6.04 Å². The maximum absolute atomic E-state index is 11.7. The molecule has 0 spiro atoms. The van der Waals surface area contributed by atoms with Gasteiger partial charge in [-0.1, -0.05) is 37.3 Å². The zero-order valence-corrected chi connectivity index (χ0v) is 10.8. The number of nitrogens with one attached hydrogen (secondary N) is 1. The Bertz CT molecular complexity index is 354. The van der Waals surface area contributed by atoms with Crippen LogP contribution in [0.1, 0.15) is 18.9 Å². The molecule has 0 aliphatic rings. The van der Waals surface area contributed by atoms with E-state index in [9.17, 15) is 4.79 Å². The first-order valence-electron chi connectivity index (χ1n) is 6.31. The van der Waals surface area contributed by atoms with Crippen LogP contribution in [0.2, 0.25) is 0 Å². The predicted octanol–water partition coefficient (Wildman–Crippen LogP) is 0.691. The van der Waals surface area contributed by atoms with Gasteiger partial charge in [-0.2, -0.15) is 0 Å². The quantitative estimate of drug-likeness (QED) is 0.666. The normalized spacial score (nSPS) is 13.9. The Morgan fingerprint density at radius 2 is 2.06 bits per heavy atom. The van der Waals surface area contributed by atoms with Gasteiger partial charge >= 0.3 is 0 Å². The second-order valence-corrected chi connectivity index (χ2v) is 4.66. The van der Waals surface area contributed by atoms with Crippen molar-refractivity contribution in [3.8, 4) is 0 Å². The van der Waals surface area contributed by atoms with Crippen LogP contribution in [-0.4, -0.2) is 30.2 Å². The van der Waals surface area contributed by atoms with Crippen molar-refractivity contribution in [3.63, 3.8) is 0 Å². The summed E-state index contributed by atoms with van der Waals surface area (Å²) in [5, 5.41) is 11.6. The van der Waals surface area contributed by atoms with Crippen molar-refractivity contribution in [2.45, 2.75) is 25.8 Å². The number of aliphatic hydroxyl groups is 1. The summed E-state index contributed by atoms with van der Waals surface area (Å²) in [4.78, 5) is 11.7. The number of hydrogen-bond acceptors (Lipinski definition) is 3. The molecule has 0 heterocycles. The van der Waals surface area contributed by atoms with E-state index in [1.54, 1.807) is 0 Å². The minimum atomic E-state index is -0.490. The standard InChI is InChI=1S/C14H22N2O2/c1-11(10-17)9-16-14(18)13(15)8-7-12-5-3-2-4-6-12/h2-6,11,13,17H,7-10,15H2,1H3,(H,16,18)/t11?,13-/m0/s1. The largest absolute Gasteiger partial charge is 0.396 e. The third-order valence-corrected chi connectivity index (χ3v) is 2.86. The Labute approximate surface area is 108 Å². The fourth-order valence-electron chi connectivity index (χ4n) is 1.57. The van der Waals surface area contributed by atoms with Gasteiger partial charge in [-0.05, 0) is 24.3 Å². The van der Waals surface area contributed by atoms with Crippen LogP contribution in [-0.2, 0) is 11.2 Å². The highest BCUT2D eigenvalue weighted by Gasteiger charge is 2.13. The van der Waals surface area contributed by atoms with Crippen molar-refractivity contribution in [1.29, 1.82) is 0 Å². The first-order valence-corrected chi connectivity index (χ1v) is 6.31. The summed E-state index contributed by atoms with van der Waals surface area (Å²) in [5.74, 6) is -0.0819. The van der Waals surface area contributed by atoms with Gasteiger partial charge in [0.25, 0.3) is 0 Å². The van der Waals surface area contributed by atoms with Crippen molar-refractivity contribution >= 4 is 5.91 Å². The number of benzene rings is 1. The fraction of sp³-hybridized carbons (Fsp3) is 0.500. The number of hydrogen-bond donors (Lipinski definition) is 3. The van der Waals surface area contributed by atoms with Gasteiger partial charge < -0.3 is 16.2 Å². The maximum atomic E-state index is 11.7. The van der Waals surface area contributed by atoms with Gasteiger partial charge in [0.2, 0.25) is 5.91 Å². The molecule has 18 heavy (non-hydrogen) atoms. The lowest BCUT2D eigenvalue weighted by atomic mass is 10.1. The lowest BCUT2D eigenvalue weighted by Gasteiger charge is -2.14. The Morgan fingerprint density at radius 1 is 1.39 bits per heavy atom. The van der Waals surface area contributed by atoms with Crippen molar-refractivity contribution in [1.82, 2.24) is 5.32 Å². The highest BCUT2D eigenvalue weighted by atomic mass is 16.3. The number of nitrogens with two attached hydrogens (primary N) is 1. The monoisotopic (exact) mass is 250 g/mol. The number of carbonyl (C=O) groups is 1. The fourth-order valence-corrected chi connectivity index (χ4v) is 1.57. The maximum Gasteiger partial charge on any atom is 0.236 e. The number of carbonyl (C=O) groups excluding carboxylic acids is 1. The van der Waals surface area contributed by atoms with E-state index in [4.69, 9.17) is 10.8 Å². The Kier molecular flexibility index (Phi) is 6.39. The number of aryl methyl sites for hydroxylation is 1. The van der Waals surface area contributed by atoms with Crippen molar-refractivity contribution in [2.75, 3.05) is 13.2 Å². The van der Waals surface area contributed by atoms with Crippen LogP contribution < -0.4 is 11.1 Å². The molecule has 2 atom stereocenters. The lowest BCUT2D eigenvalue weighted by molar-refractivity contribution is -0.122. The molecule has 1 aromatic rings. The lowest BCUT2D eigenvalue weighted by Crippen LogP contribution is -2.42. The molecule has 4 heteroatoms. The van der Waals surface area contributed by atoms with Crippen LogP contribution in [0.5, 0.6) is 0 Å². The van der Waals surface area contributed by atoms with Gasteiger partial charge in [0, 0.05) is 13.2 Å². The number of amides is 1.